The Hall–Kier alpha value is -3.39. The Morgan fingerprint density at radius 3 is 2.72 bits per heavy atom. The molecule has 3 aromatic rings. The second kappa shape index (κ2) is 11.3. The summed E-state index contributed by atoms with van der Waals surface area (Å²) < 4.78 is 12.2. The van der Waals surface area contributed by atoms with Crippen molar-refractivity contribution in [2.45, 2.75) is 26.7 Å². The van der Waals surface area contributed by atoms with Gasteiger partial charge in [-0.2, -0.15) is 5.10 Å². The zero-order valence-electron chi connectivity index (χ0n) is 18.4. The van der Waals surface area contributed by atoms with Gasteiger partial charge in [-0.15, -0.1) is 11.3 Å². The Morgan fingerprint density at radius 2 is 1.94 bits per heavy atom. The lowest BCUT2D eigenvalue weighted by Crippen LogP contribution is -2.35. The topological polar surface area (TPSA) is 89.0 Å². The molecule has 0 bridgehead atoms. The number of thiophene rings is 1. The maximum Gasteiger partial charge on any atom is 0.259 e. The van der Waals surface area contributed by atoms with Crippen LogP contribution < -0.4 is 20.2 Å². The summed E-state index contributed by atoms with van der Waals surface area (Å²) in [6.45, 7) is 4.31. The van der Waals surface area contributed by atoms with Crippen molar-refractivity contribution >= 4 is 38.9 Å². The number of nitrogens with one attached hydrogen (secondary N) is 2. The van der Waals surface area contributed by atoms with Crippen LogP contribution in [-0.4, -0.2) is 37.8 Å². The molecule has 0 aliphatic carbocycles. The first-order valence-corrected chi connectivity index (χ1v) is 11.3. The molecule has 1 heterocycles. The number of carbonyl (C=O) groups is 2. The van der Waals surface area contributed by atoms with Crippen LogP contribution in [0.2, 0.25) is 0 Å². The van der Waals surface area contributed by atoms with E-state index >= 15 is 0 Å². The van der Waals surface area contributed by atoms with Gasteiger partial charge in [0, 0.05) is 26.6 Å². The van der Waals surface area contributed by atoms with E-state index in [1.54, 1.807) is 29.5 Å². The molecular formula is C24H27N3O4S. The molecule has 0 spiro atoms. The molecule has 0 radical (unpaired) electrons. The largest absolute Gasteiger partial charge is 0.493 e. The van der Waals surface area contributed by atoms with E-state index < -0.39 is 5.91 Å². The van der Waals surface area contributed by atoms with Crippen molar-refractivity contribution in [2.24, 2.45) is 5.10 Å². The molecule has 3 rings (SSSR count). The fraction of sp³-hybridized carbons (Fsp3) is 0.292. The number of hydrogen-bond acceptors (Lipinski definition) is 6. The number of amides is 2. The molecule has 8 heteroatoms. The molecule has 1 aromatic heterocycles. The van der Waals surface area contributed by atoms with Crippen molar-refractivity contribution in [2.75, 3.05) is 20.3 Å². The lowest BCUT2D eigenvalue weighted by atomic mass is 10.1. The number of hydrogen-bond donors (Lipinski definition) is 2. The molecule has 2 aromatic carbocycles. The molecule has 0 saturated heterocycles. The van der Waals surface area contributed by atoms with Crippen molar-refractivity contribution in [1.29, 1.82) is 0 Å². The summed E-state index contributed by atoms with van der Waals surface area (Å²) in [7, 11) is 1.52. The Bertz CT molecular complexity index is 1120. The molecule has 0 saturated carbocycles. The zero-order chi connectivity index (χ0) is 22.9. The average molecular weight is 454 g/mol. The van der Waals surface area contributed by atoms with E-state index in [-0.39, 0.29) is 12.5 Å². The summed E-state index contributed by atoms with van der Waals surface area (Å²) in [6.07, 6.45) is 1.96. The lowest BCUT2D eigenvalue weighted by Gasteiger charge is -2.12. The first-order chi connectivity index (χ1) is 15.5. The van der Waals surface area contributed by atoms with Crippen LogP contribution in [0.1, 0.15) is 42.6 Å². The smallest absolute Gasteiger partial charge is 0.259 e. The first kappa shape index (κ1) is 23.3. The van der Waals surface area contributed by atoms with Gasteiger partial charge in [-0.1, -0.05) is 31.5 Å². The molecule has 168 valence electrons. The predicted molar refractivity (Wildman–Crippen MR) is 128 cm³/mol. The van der Waals surface area contributed by atoms with Gasteiger partial charge in [0.15, 0.2) is 11.5 Å². The minimum atomic E-state index is -0.413. The minimum Gasteiger partial charge on any atom is -0.493 e. The molecule has 0 aliphatic heterocycles. The van der Waals surface area contributed by atoms with Gasteiger partial charge in [-0.05, 0) is 37.6 Å². The van der Waals surface area contributed by atoms with Gasteiger partial charge in [0.1, 0.15) is 0 Å². The van der Waals surface area contributed by atoms with Gasteiger partial charge in [0.05, 0.1) is 26.0 Å². The Morgan fingerprint density at radius 1 is 1.12 bits per heavy atom. The zero-order valence-corrected chi connectivity index (χ0v) is 19.3. The van der Waals surface area contributed by atoms with Crippen LogP contribution in [0.4, 0.5) is 0 Å². The average Bonchev–Trinajstić information content (AvgIpc) is 3.25. The summed E-state index contributed by atoms with van der Waals surface area (Å²) in [5, 5.41) is 9.88. The maximum atomic E-state index is 12.4. The fourth-order valence-electron chi connectivity index (χ4n) is 3.02. The second-order valence-corrected chi connectivity index (χ2v) is 8.04. The number of rotatable bonds is 10. The van der Waals surface area contributed by atoms with Crippen LogP contribution in [-0.2, 0) is 4.79 Å². The van der Waals surface area contributed by atoms with E-state index in [0.29, 0.717) is 29.4 Å². The number of ether oxygens (including phenoxy) is 2. The van der Waals surface area contributed by atoms with Crippen LogP contribution in [0.25, 0.3) is 10.1 Å². The number of unbranched alkanes of at least 4 members (excludes halogenated alkanes) is 1. The first-order valence-electron chi connectivity index (χ1n) is 10.4. The van der Waals surface area contributed by atoms with Gasteiger partial charge in [0.25, 0.3) is 11.8 Å². The third kappa shape index (κ3) is 5.85. The summed E-state index contributed by atoms with van der Waals surface area (Å²) in [5.41, 5.74) is 4.55. The summed E-state index contributed by atoms with van der Waals surface area (Å²) >= 11 is 1.63. The van der Waals surface area contributed by atoms with E-state index in [4.69, 9.17) is 9.47 Å². The highest BCUT2D eigenvalue weighted by molar-refractivity contribution is 7.17. The summed E-state index contributed by atoms with van der Waals surface area (Å²) in [4.78, 5) is 24.6. The van der Waals surface area contributed by atoms with Gasteiger partial charge < -0.3 is 14.8 Å². The molecule has 32 heavy (non-hydrogen) atoms. The van der Waals surface area contributed by atoms with Crippen molar-refractivity contribution in [3.63, 3.8) is 0 Å². The highest BCUT2D eigenvalue weighted by Gasteiger charge is 2.13. The maximum absolute atomic E-state index is 12.4. The Labute approximate surface area is 191 Å². The van der Waals surface area contributed by atoms with Gasteiger partial charge in [0.2, 0.25) is 0 Å². The van der Waals surface area contributed by atoms with Crippen LogP contribution in [0, 0.1) is 0 Å². The van der Waals surface area contributed by atoms with E-state index in [1.807, 2.05) is 36.6 Å². The van der Waals surface area contributed by atoms with Gasteiger partial charge in [-0.25, -0.2) is 5.43 Å². The molecule has 7 nitrogen and oxygen atoms in total. The predicted octanol–water partition coefficient (Wildman–Crippen LogP) is 4.36. The number of benzene rings is 2. The molecule has 0 aliphatic rings. The van der Waals surface area contributed by atoms with Crippen molar-refractivity contribution in [3.05, 3.63) is 59.0 Å². The molecule has 0 unspecified atom stereocenters. The van der Waals surface area contributed by atoms with Crippen LogP contribution in [0.15, 0.2) is 52.9 Å². The standard InChI is InChI=1S/C24H27N3O4S/c1-4-5-12-31-20-11-10-17(13-21(20)30-3)24(29)25-14-23(28)27-26-16(2)19-15-32-22-9-7-6-8-18(19)22/h6-11,13,15H,4-5,12,14H2,1-3H3,(H,25,29)(H,27,28). The van der Waals surface area contributed by atoms with Crippen LogP contribution >= 0.6 is 11.3 Å². The van der Waals surface area contributed by atoms with E-state index in [9.17, 15) is 9.59 Å². The lowest BCUT2D eigenvalue weighted by molar-refractivity contribution is -0.120. The fourth-order valence-corrected chi connectivity index (χ4v) is 4.03. The van der Waals surface area contributed by atoms with Crippen LogP contribution in [0.5, 0.6) is 11.5 Å². The van der Waals surface area contributed by atoms with Gasteiger partial charge >= 0.3 is 0 Å². The monoisotopic (exact) mass is 453 g/mol. The number of fused-ring (bicyclic) bond motifs is 1. The molecular weight excluding hydrogens is 426 g/mol. The van der Waals surface area contributed by atoms with Crippen LogP contribution in [0.3, 0.4) is 0 Å². The molecule has 2 N–H and O–H groups in total. The van der Waals surface area contributed by atoms with E-state index in [1.165, 1.54) is 7.11 Å². The Balaban J connectivity index is 1.55. The highest BCUT2D eigenvalue weighted by Crippen LogP contribution is 2.28. The molecule has 2 amide bonds. The van der Waals surface area contributed by atoms with Crippen molar-refractivity contribution in [1.82, 2.24) is 10.7 Å². The van der Waals surface area contributed by atoms with Gasteiger partial charge in [-0.3, -0.25) is 9.59 Å². The Kier molecular flexibility index (Phi) is 8.21. The normalized spacial score (nSPS) is 11.3. The number of nitrogens with zero attached hydrogens (tertiary/aromatic N) is 1. The SMILES string of the molecule is CCCCOc1ccc(C(=O)NCC(=O)NN=C(C)c2csc3ccccc23)cc1OC. The summed E-state index contributed by atoms with van der Waals surface area (Å²) in [5.74, 6) is 0.259. The minimum absolute atomic E-state index is 0.197. The number of methoxy groups -OCH3 is 1. The number of hydrazone groups is 1. The summed E-state index contributed by atoms with van der Waals surface area (Å²) in [6, 6.07) is 13.0. The molecule has 0 fully saturated rings. The van der Waals surface area contributed by atoms with E-state index in [0.717, 1.165) is 28.5 Å². The number of carbonyl (C=O) groups excluding carboxylic acids is 2. The quantitative estimate of drug-likeness (QED) is 0.271. The highest BCUT2D eigenvalue weighted by atomic mass is 32.1. The second-order valence-electron chi connectivity index (χ2n) is 7.13. The third-order valence-corrected chi connectivity index (χ3v) is 5.77. The van der Waals surface area contributed by atoms with E-state index in [2.05, 4.69) is 22.8 Å². The van der Waals surface area contributed by atoms with Crippen molar-refractivity contribution < 1.29 is 19.1 Å². The van der Waals surface area contributed by atoms with Crippen molar-refractivity contribution in [3.8, 4) is 11.5 Å². The molecule has 0 atom stereocenters. The third-order valence-electron chi connectivity index (χ3n) is 4.81.